The number of hydrogen-bond acceptors (Lipinski definition) is 5. The smallest absolute Gasteiger partial charge is 0.377 e. The summed E-state index contributed by atoms with van der Waals surface area (Å²) in [5.74, 6) is -0.817. The first-order valence-corrected chi connectivity index (χ1v) is 8.08. The number of carbonyl (C=O) groups excluding carboxylic acids is 2. The fourth-order valence-electron chi connectivity index (χ4n) is 2.24. The predicted octanol–water partition coefficient (Wildman–Crippen LogP) is 2.96. The normalized spacial score (nSPS) is 16.0. The number of rotatable bonds is 6. The number of para-hydroxylation sites is 1. The van der Waals surface area contributed by atoms with Crippen molar-refractivity contribution in [2.75, 3.05) is 18.5 Å². The molecule has 1 aromatic carbocycles. The lowest BCUT2D eigenvalue weighted by atomic mass is 9.97. The van der Waals surface area contributed by atoms with E-state index in [0.717, 1.165) is 17.7 Å². The van der Waals surface area contributed by atoms with E-state index in [4.69, 9.17) is 14.2 Å². The molecule has 2 rings (SSSR count). The SMILES string of the molecule is CC[C@@H](C)c1ccccc1NC(=O)[C@@H](C)OC(=O)C1=COCCO1. The zero-order valence-electron chi connectivity index (χ0n) is 14.2. The van der Waals surface area contributed by atoms with E-state index in [1.165, 1.54) is 13.2 Å². The van der Waals surface area contributed by atoms with Crippen molar-refractivity contribution >= 4 is 17.6 Å². The molecule has 0 saturated heterocycles. The van der Waals surface area contributed by atoms with Crippen LogP contribution in [0.2, 0.25) is 0 Å². The molecule has 2 atom stereocenters. The Morgan fingerprint density at radius 3 is 2.67 bits per heavy atom. The van der Waals surface area contributed by atoms with Crippen LogP contribution in [0.1, 0.15) is 38.7 Å². The van der Waals surface area contributed by atoms with E-state index < -0.39 is 18.0 Å². The highest BCUT2D eigenvalue weighted by atomic mass is 16.6. The van der Waals surface area contributed by atoms with Crippen molar-refractivity contribution in [2.45, 2.75) is 39.2 Å². The Morgan fingerprint density at radius 1 is 1.25 bits per heavy atom. The lowest BCUT2D eigenvalue weighted by molar-refractivity contribution is -0.153. The summed E-state index contributed by atoms with van der Waals surface area (Å²) in [5, 5.41) is 2.83. The number of anilines is 1. The summed E-state index contributed by atoms with van der Waals surface area (Å²) in [6, 6.07) is 7.62. The molecule has 1 aliphatic rings. The maximum absolute atomic E-state index is 12.3. The van der Waals surface area contributed by atoms with Gasteiger partial charge >= 0.3 is 5.97 Å². The van der Waals surface area contributed by atoms with E-state index in [1.54, 1.807) is 0 Å². The molecule has 6 heteroatoms. The van der Waals surface area contributed by atoms with Gasteiger partial charge in [0.25, 0.3) is 5.91 Å². The van der Waals surface area contributed by atoms with E-state index in [2.05, 4.69) is 19.2 Å². The molecule has 1 heterocycles. The molecule has 0 aliphatic carbocycles. The molecule has 0 unspecified atom stereocenters. The summed E-state index contributed by atoms with van der Waals surface area (Å²) in [7, 11) is 0. The topological polar surface area (TPSA) is 73.9 Å². The zero-order valence-corrected chi connectivity index (χ0v) is 14.2. The number of ether oxygens (including phenoxy) is 3. The van der Waals surface area contributed by atoms with Crippen LogP contribution in [-0.2, 0) is 23.8 Å². The molecule has 130 valence electrons. The molecule has 0 aromatic heterocycles. The third kappa shape index (κ3) is 4.50. The van der Waals surface area contributed by atoms with Crippen molar-refractivity contribution in [3.05, 3.63) is 41.9 Å². The maximum atomic E-state index is 12.3. The number of nitrogens with one attached hydrogen (secondary N) is 1. The molecule has 0 fully saturated rings. The number of hydrogen-bond donors (Lipinski definition) is 1. The van der Waals surface area contributed by atoms with E-state index in [0.29, 0.717) is 12.5 Å². The summed E-state index contributed by atoms with van der Waals surface area (Å²) in [5.41, 5.74) is 1.79. The Morgan fingerprint density at radius 2 is 2.00 bits per heavy atom. The first kappa shape index (κ1) is 17.8. The van der Waals surface area contributed by atoms with Crippen molar-refractivity contribution in [1.29, 1.82) is 0 Å². The molecular formula is C18H23NO5. The number of carbonyl (C=O) groups is 2. The number of esters is 1. The molecular weight excluding hydrogens is 310 g/mol. The summed E-state index contributed by atoms with van der Waals surface area (Å²) in [4.78, 5) is 24.2. The van der Waals surface area contributed by atoms with Crippen LogP contribution >= 0.6 is 0 Å². The Labute approximate surface area is 141 Å². The van der Waals surface area contributed by atoms with Crippen molar-refractivity contribution in [2.24, 2.45) is 0 Å². The van der Waals surface area contributed by atoms with Gasteiger partial charge in [-0.3, -0.25) is 4.79 Å². The summed E-state index contributed by atoms with van der Waals surface area (Å²) >= 11 is 0. The third-order valence-corrected chi connectivity index (χ3v) is 3.87. The van der Waals surface area contributed by atoms with Gasteiger partial charge in [0.05, 0.1) is 0 Å². The van der Waals surface area contributed by atoms with E-state index in [9.17, 15) is 9.59 Å². The molecule has 1 amide bonds. The lowest BCUT2D eigenvalue weighted by Gasteiger charge is -2.19. The second-order valence-corrected chi connectivity index (χ2v) is 5.63. The first-order chi connectivity index (χ1) is 11.5. The molecule has 1 aromatic rings. The van der Waals surface area contributed by atoms with E-state index in [1.807, 2.05) is 24.3 Å². The molecule has 0 spiro atoms. The van der Waals surface area contributed by atoms with Crippen molar-refractivity contribution in [3.8, 4) is 0 Å². The number of benzene rings is 1. The van der Waals surface area contributed by atoms with Gasteiger partial charge in [-0.2, -0.15) is 0 Å². The van der Waals surface area contributed by atoms with Crippen LogP contribution in [0.4, 0.5) is 5.69 Å². The van der Waals surface area contributed by atoms with Gasteiger partial charge in [0, 0.05) is 5.69 Å². The first-order valence-electron chi connectivity index (χ1n) is 8.08. The largest absolute Gasteiger partial charge is 0.493 e. The summed E-state index contributed by atoms with van der Waals surface area (Å²) in [6.07, 6.45) is 1.21. The highest BCUT2D eigenvalue weighted by molar-refractivity contribution is 5.97. The second-order valence-electron chi connectivity index (χ2n) is 5.63. The Bertz CT molecular complexity index is 626. The van der Waals surface area contributed by atoms with Crippen LogP contribution in [-0.4, -0.2) is 31.2 Å². The van der Waals surface area contributed by atoms with Crippen LogP contribution < -0.4 is 5.32 Å². The Balaban J connectivity index is 1.99. The Hall–Kier alpha value is -2.50. The van der Waals surface area contributed by atoms with Crippen LogP contribution in [0.25, 0.3) is 0 Å². The molecule has 0 saturated carbocycles. The minimum absolute atomic E-state index is 0.0269. The molecule has 6 nitrogen and oxygen atoms in total. The van der Waals surface area contributed by atoms with Crippen molar-refractivity contribution in [1.82, 2.24) is 0 Å². The minimum Gasteiger partial charge on any atom is -0.493 e. The minimum atomic E-state index is -0.950. The van der Waals surface area contributed by atoms with Crippen LogP contribution in [0.3, 0.4) is 0 Å². The monoisotopic (exact) mass is 333 g/mol. The molecule has 1 aliphatic heterocycles. The van der Waals surface area contributed by atoms with Gasteiger partial charge in [-0.05, 0) is 30.9 Å². The van der Waals surface area contributed by atoms with E-state index in [-0.39, 0.29) is 12.4 Å². The maximum Gasteiger partial charge on any atom is 0.377 e. The average Bonchev–Trinajstić information content (AvgIpc) is 2.62. The van der Waals surface area contributed by atoms with Gasteiger partial charge in [-0.25, -0.2) is 4.79 Å². The second kappa shape index (κ2) is 8.38. The highest BCUT2D eigenvalue weighted by Gasteiger charge is 2.24. The third-order valence-electron chi connectivity index (χ3n) is 3.87. The van der Waals surface area contributed by atoms with Gasteiger partial charge < -0.3 is 19.5 Å². The highest BCUT2D eigenvalue weighted by Crippen LogP contribution is 2.26. The fourth-order valence-corrected chi connectivity index (χ4v) is 2.24. The fraction of sp³-hybridized carbons (Fsp3) is 0.444. The van der Waals surface area contributed by atoms with Crippen LogP contribution in [0, 0.1) is 0 Å². The average molecular weight is 333 g/mol. The summed E-state index contributed by atoms with van der Waals surface area (Å²) < 4.78 is 15.3. The van der Waals surface area contributed by atoms with Crippen LogP contribution in [0.15, 0.2) is 36.3 Å². The van der Waals surface area contributed by atoms with Gasteiger partial charge in [0.15, 0.2) is 6.10 Å². The van der Waals surface area contributed by atoms with Gasteiger partial charge in [0.2, 0.25) is 5.76 Å². The molecule has 0 radical (unpaired) electrons. The Kier molecular flexibility index (Phi) is 6.23. The van der Waals surface area contributed by atoms with Gasteiger partial charge in [-0.1, -0.05) is 32.0 Å². The van der Waals surface area contributed by atoms with Crippen LogP contribution in [0.5, 0.6) is 0 Å². The standard InChI is InChI=1S/C18H23NO5/c1-4-12(2)14-7-5-6-8-15(14)19-17(20)13(3)24-18(21)16-11-22-9-10-23-16/h5-8,11-13H,4,9-10H2,1-3H3,(H,19,20)/t12-,13-/m1/s1. The van der Waals surface area contributed by atoms with Gasteiger partial charge in [0.1, 0.15) is 19.5 Å². The zero-order chi connectivity index (χ0) is 17.5. The predicted molar refractivity (Wildman–Crippen MR) is 89.3 cm³/mol. The number of amides is 1. The van der Waals surface area contributed by atoms with Crippen molar-refractivity contribution < 1.29 is 23.8 Å². The van der Waals surface area contributed by atoms with Crippen molar-refractivity contribution in [3.63, 3.8) is 0 Å². The molecule has 1 N–H and O–H groups in total. The lowest BCUT2D eigenvalue weighted by Crippen LogP contribution is -2.31. The molecule has 0 bridgehead atoms. The van der Waals surface area contributed by atoms with Gasteiger partial charge in [-0.15, -0.1) is 0 Å². The quantitative estimate of drug-likeness (QED) is 0.810. The van der Waals surface area contributed by atoms with E-state index >= 15 is 0 Å². The molecule has 24 heavy (non-hydrogen) atoms. The summed E-state index contributed by atoms with van der Waals surface area (Å²) in [6.45, 7) is 6.38.